The molecule has 0 fully saturated rings. The number of rotatable bonds is 51. The molecule has 0 amide bonds. The lowest BCUT2D eigenvalue weighted by Gasteiger charge is -2.10. The predicted octanol–water partition coefficient (Wildman–Crippen LogP) is 19.1. The third kappa shape index (κ3) is 67.5. The topological polar surface area (TPSA) is 119 Å². The van der Waals surface area contributed by atoms with E-state index in [1.165, 1.54) is 212 Å². The summed E-state index contributed by atoms with van der Waals surface area (Å²) in [6.07, 6.45) is 64.3. The minimum atomic E-state index is -0.567. The number of unbranched alkanes of at least 4 members (excludes halogenated alkanes) is 32. The summed E-state index contributed by atoms with van der Waals surface area (Å²) in [5.74, 6) is -0.328. The molecule has 3 unspecified atom stereocenters. The van der Waals surface area contributed by atoms with Crippen LogP contribution in [0.3, 0.4) is 0 Å². The summed E-state index contributed by atoms with van der Waals surface area (Å²) in [5, 5.41) is 17.8. The number of aliphatic hydroxyl groups is 2. The lowest BCUT2D eigenvalue weighted by molar-refractivity contribution is -0.150. The van der Waals surface area contributed by atoms with Gasteiger partial charge in [-0.05, 0) is 117 Å². The Morgan fingerprint density at radius 2 is 0.722 bits per heavy atom. The fourth-order valence-corrected chi connectivity index (χ4v) is 8.09. The Morgan fingerprint density at radius 1 is 0.403 bits per heavy atom. The molecule has 3 atom stereocenters. The highest BCUT2D eigenvalue weighted by Crippen LogP contribution is 2.15. The Hall–Kier alpha value is -2.45. The molecular weight excluding hydrogens is 897 g/mol. The molecule has 426 valence electrons. The largest absolute Gasteiger partial charge is 0.465 e. The summed E-state index contributed by atoms with van der Waals surface area (Å²) in [4.78, 5) is 34.4. The standard InChI is InChI=1S/C22H42O2.2C21H40O3/c1-4-6-7-8-9-10-11-12-13-14-15-16-17-18-19-21(3)22(23)24-20-5-2;1-3-4-5-6-7-8-9-10-11-12-13-14-15-16-17-18-21(23)24-19-20(2)22;1-3-4-5-6-7-8-9-10-11-12-13-14-15-16-17-18-21(23)24-20(2)19-22/h12-13,21H,4-11,14-20H2,1-3H3;2*10-11,20,22H,3-9,12-19H2,1-2H3/b13-12-;2*11-10-. The van der Waals surface area contributed by atoms with Crippen molar-refractivity contribution in [2.24, 2.45) is 5.92 Å². The summed E-state index contributed by atoms with van der Waals surface area (Å²) >= 11 is 0. The second-order valence-corrected chi connectivity index (χ2v) is 20.8. The molecule has 0 aromatic rings. The number of esters is 3. The lowest BCUT2D eigenvalue weighted by atomic mass is 10.0. The molecule has 8 heteroatoms. The SMILES string of the molecule is CCCCCCCC/C=C\CCCCCCC(C)C(=O)OCCC.CCCCCCCC/C=C\CCCCCCCC(=O)OC(C)CO.CCCCCCCC/C=C\CCCCCCCC(=O)OCC(C)O. The molecule has 0 rings (SSSR count). The molecule has 0 aliphatic heterocycles. The first-order valence-electron chi connectivity index (χ1n) is 30.8. The van der Waals surface area contributed by atoms with Gasteiger partial charge in [0, 0.05) is 12.8 Å². The van der Waals surface area contributed by atoms with Gasteiger partial charge in [0.1, 0.15) is 12.7 Å². The Morgan fingerprint density at radius 3 is 1.06 bits per heavy atom. The van der Waals surface area contributed by atoms with Gasteiger partial charge >= 0.3 is 17.9 Å². The highest BCUT2D eigenvalue weighted by atomic mass is 16.6. The first kappa shape index (κ1) is 73.8. The zero-order valence-corrected chi connectivity index (χ0v) is 48.9. The number of carbonyl (C=O) groups excluding carboxylic acids is 3. The quantitative estimate of drug-likeness (QED) is 0.0268. The van der Waals surface area contributed by atoms with E-state index in [0.29, 0.717) is 19.4 Å². The Kier molecular flexibility index (Phi) is 66.3. The van der Waals surface area contributed by atoms with Crippen molar-refractivity contribution in [3.05, 3.63) is 36.5 Å². The second-order valence-electron chi connectivity index (χ2n) is 20.8. The van der Waals surface area contributed by atoms with E-state index in [1.54, 1.807) is 13.8 Å². The van der Waals surface area contributed by atoms with Crippen molar-refractivity contribution >= 4 is 17.9 Å². The molecule has 2 N–H and O–H groups in total. The van der Waals surface area contributed by atoms with Crippen LogP contribution in [0.1, 0.15) is 318 Å². The van der Waals surface area contributed by atoms with E-state index >= 15 is 0 Å². The van der Waals surface area contributed by atoms with E-state index in [9.17, 15) is 14.4 Å². The van der Waals surface area contributed by atoms with Crippen molar-refractivity contribution in [2.75, 3.05) is 19.8 Å². The summed E-state index contributed by atoms with van der Waals surface area (Å²) < 4.78 is 15.1. The van der Waals surface area contributed by atoms with Gasteiger partial charge in [-0.15, -0.1) is 0 Å². The third-order valence-corrected chi connectivity index (χ3v) is 12.9. The number of hydrogen-bond acceptors (Lipinski definition) is 8. The summed E-state index contributed by atoms with van der Waals surface area (Å²) in [6, 6.07) is 0. The molecule has 0 spiro atoms. The van der Waals surface area contributed by atoms with Gasteiger partial charge in [0.2, 0.25) is 0 Å². The average Bonchev–Trinajstić information content (AvgIpc) is 3.37. The number of allylic oxidation sites excluding steroid dienone is 6. The average molecular weight is 1020 g/mol. The molecule has 8 nitrogen and oxygen atoms in total. The molecule has 0 heterocycles. The molecule has 0 saturated carbocycles. The molecule has 0 radical (unpaired) electrons. The van der Waals surface area contributed by atoms with Gasteiger partial charge in [0.15, 0.2) is 0 Å². The fourth-order valence-electron chi connectivity index (χ4n) is 8.09. The van der Waals surface area contributed by atoms with Gasteiger partial charge in [0.05, 0.1) is 25.2 Å². The highest BCUT2D eigenvalue weighted by molar-refractivity contribution is 5.72. The number of carbonyl (C=O) groups is 3. The monoisotopic (exact) mass is 1020 g/mol. The van der Waals surface area contributed by atoms with Crippen LogP contribution < -0.4 is 0 Å². The normalized spacial score (nSPS) is 12.6. The molecule has 0 aromatic carbocycles. The van der Waals surface area contributed by atoms with Gasteiger partial charge in [-0.2, -0.15) is 0 Å². The maximum absolute atomic E-state index is 11.6. The number of ether oxygens (including phenoxy) is 3. The number of aliphatic hydroxyl groups excluding tert-OH is 2. The fraction of sp³-hybridized carbons (Fsp3) is 0.859. The van der Waals surface area contributed by atoms with Crippen molar-refractivity contribution < 1.29 is 38.8 Å². The van der Waals surface area contributed by atoms with Crippen molar-refractivity contribution in [3.63, 3.8) is 0 Å². The van der Waals surface area contributed by atoms with E-state index in [2.05, 4.69) is 57.2 Å². The van der Waals surface area contributed by atoms with Crippen molar-refractivity contribution in [1.82, 2.24) is 0 Å². The smallest absolute Gasteiger partial charge is 0.308 e. The van der Waals surface area contributed by atoms with Crippen molar-refractivity contribution in [1.29, 1.82) is 0 Å². The maximum atomic E-state index is 11.6. The Bertz CT molecular complexity index is 1180. The van der Waals surface area contributed by atoms with Crippen LogP contribution in [0, 0.1) is 5.92 Å². The van der Waals surface area contributed by atoms with Crippen LogP contribution in [-0.2, 0) is 28.6 Å². The van der Waals surface area contributed by atoms with Gasteiger partial charge in [-0.1, -0.05) is 225 Å². The van der Waals surface area contributed by atoms with Crippen LogP contribution in [-0.4, -0.2) is 60.1 Å². The van der Waals surface area contributed by atoms with Gasteiger partial charge in [-0.25, -0.2) is 0 Å². The lowest BCUT2D eigenvalue weighted by Crippen LogP contribution is -2.18. The van der Waals surface area contributed by atoms with Gasteiger partial charge in [0.25, 0.3) is 0 Å². The van der Waals surface area contributed by atoms with Crippen LogP contribution >= 0.6 is 0 Å². The van der Waals surface area contributed by atoms with E-state index in [0.717, 1.165) is 44.9 Å². The van der Waals surface area contributed by atoms with Crippen LogP contribution in [0.4, 0.5) is 0 Å². The zero-order valence-electron chi connectivity index (χ0n) is 48.9. The Balaban J connectivity index is -0.000000992. The van der Waals surface area contributed by atoms with E-state index < -0.39 is 6.10 Å². The molecule has 0 aliphatic carbocycles. The Labute approximate surface area is 447 Å². The van der Waals surface area contributed by atoms with Gasteiger partial charge in [-0.3, -0.25) is 14.4 Å². The molecule has 0 saturated heterocycles. The van der Waals surface area contributed by atoms with E-state index in [4.69, 9.17) is 24.4 Å². The van der Waals surface area contributed by atoms with Crippen LogP contribution in [0.2, 0.25) is 0 Å². The highest BCUT2D eigenvalue weighted by Gasteiger charge is 2.13. The van der Waals surface area contributed by atoms with E-state index in [1.807, 2.05) is 13.8 Å². The molecule has 0 aliphatic rings. The molecule has 0 aromatic heterocycles. The van der Waals surface area contributed by atoms with E-state index in [-0.39, 0.29) is 43.1 Å². The predicted molar refractivity (Wildman–Crippen MR) is 309 cm³/mol. The van der Waals surface area contributed by atoms with Crippen molar-refractivity contribution in [2.45, 2.75) is 330 Å². The van der Waals surface area contributed by atoms with Crippen LogP contribution in [0.25, 0.3) is 0 Å². The first-order chi connectivity index (χ1) is 35.1. The maximum Gasteiger partial charge on any atom is 0.308 e. The molecule has 72 heavy (non-hydrogen) atoms. The second kappa shape index (κ2) is 64.7. The van der Waals surface area contributed by atoms with Crippen molar-refractivity contribution in [3.8, 4) is 0 Å². The minimum Gasteiger partial charge on any atom is -0.465 e. The van der Waals surface area contributed by atoms with Gasteiger partial charge < -0.3 is 24.4 Å². The van der Waals surface area contributed by atoms with Crippen LogP contribution in [0.5, 0.6) is 0 Å². The summed E-state index contributed by atoms with van der Waals surface area (Å²) in [5.41, 5.74) is 0. The minimum absolute atomic E-state index is 0.0190. The number of hydrogen-bond donors (Lipinski definition) is 2. The zero-order chi connectivity index (χ0) is 53.6. The third-order valence-electron chi connectivity index (χ3n) is 12.9. The summed E-state index contributed by atoms with van der Waals surface area (Å²) in [6.45, 7) is 14.7. The first-order valence-corrected chi connectivity index (χ1v) is 30.8. The molecular formula is C64H122O8. The molecule has 0 bridgehead atoms. The van der Waals surface area contributed by atoms with Crippen LogP contribution in [0.15, 0.2) is 36.5 Å². The summed E-state index contributed by atoms with van der Waals surface area (Å²) in [7, 11) is 0.